The van der Waals surface area contributed by atoms with Crippen LogP contribution in [0.3, 0.4) is 0 Å². The van der Waals surface area contributed by atoms with Gasteiger partial charge in [0.1, 0.15) is 0 Å². The highest BCUT2D eigenvalue weighted by Crippen LogP contribution is 2.08. The van der Waals surface area contributed by atoms with E-state index in [9.17, 15) is 13.2 Å². The molecule has 0 heterocycles. The molecule has 1 amide bonds. The summed E-state index contributed by atoms with van der Waals surface area (Å²) in [5, 5.41) is 7.73. The Labute approximate surface area is 119 Å². The lowest BCUT2D eigenvalue weighted by Crippen LogP contribution is -2.24. The third-order valence-electron chi connectivity index (χ3n) is 2.56. The normalized spacial score (nSPS) is 11.3. The van der Waals surface area contributed by atoms with Crippen LogP contribution in [0.4, 0.5) is 0 Å². The zero-order valence-corrected chi connectivity index (χ0v) is 12.3. The van der Waals surface area contributed by atoms with Crippen LogP contribution in [0.5, 0.6) is 0 Å². The molecule has 0 bridgehead atoms. The second-order valence-electron chi connectivity index (χ2n) is 4.33. The number of benzene rings is 1. The van der Waals surface area contributed by atoms with Crippen LogP contribution >= 0.6 is 0 Å². The quantitative estimate of drug-likeness (QED) is 0.693. The van der Waals surface area contributed by atoms with Gasteiger partial charge in [0.25, 0.3) is 0 Å². The predicted molar refractivity (Wildman–Crippen MR) is 75.4 cm³/mol. The lowest BCUT2D eigenvalue weighted by molar-refractivity contribution is -0.122. The number of nitrogens with one attached hydrogen (secondary N) is 1. The van der Waals surface area contributed by atoms with Crippen LogP contribution in [0, 0.1) is 0 Å². The van der Waals surface area contributed by atoms with Crippen LogP contribution in [-0.2, 0) is 26.1 Å². The fourth-order valence-corrected chi connectivity index (χ4v) is 2.01. The van der Waals surface area contributed by atoms with Crippen molar-refractivity contribution in [2.75, 3.05) is 13.2 Å². The molecular weight excluding hydrogens is 280 g/mol. The van der Waals surface area contributed by atoms with Crippen molar-refractivity contribution in [3.05, 3.63) is 29.8 Å². The van der Waals surface area contributed by atoms with Crippen LogP contribution in [0.25, 0.3) is 0 Å². The van der Waals surface area contributed by atoms with Gasteiger partial charge < -0.3 is 10.1 Å². The Bertz CT molecular complexity index is 526. The highest BCUT2D eigenvalue weighted by Gasteiger charge is 2.07. The van der Waals surface area contributed by atoms with Crippen molar-refractivity contribution >= 4 is 15.9 Å². The Morgan fingerprint density at radius 3 is 2.45 bits per heavy atom. The van der Waals surface area contributed by atoms with Crippen molar-refractivity contribution in [1.82, 2.24) is 5.32 Å². The lowest BCUT2D eigenvalue weighted by Gasteiger charge is -2.06. The number of carbonyl (C=O) groups excluding carboxylic acids is 1. The topological polar surface area (TPSA) is 98.5 Å². The van der Waals surface area contributed by atoms with Gasteiger partial charge in [0, 0.05) is 19.6 Å². The zero-order valence-electron chi connectivity index (χ0n) is 11.5. The molecule has 0 aliphatic carbocycles. The van der Waals surface area contributed by atoms with Crippen LogP contribution in [0.2, 0.25) is 0 Å². The first-order chi connectivity index (χ1) is 9.43. The van der Waals surface area contributed by atoms with Crippen LogP contribution in [0.1, 0.15) is 25.3 Å². The van der Waals surface area contributed by atoms with E-state index in [-0.39, 0.29) is 10.8 Å². The molecule has 0 aliphatic heterocycles. The van der Waals surface area contributed by atoms with Crippen molar-refractivity contribution in [2.45, 2.75) is 31.2 Å². The molecule has 0 atom stereocenters. The summed E-state index contributed by atoms with van der Waals surface area (Å²) in [4.78, 5) is 11.6. The molecule has 0 fully saturated rings. The summed E-state index contributed by atoms with van der Waals surface area (Å²) in [5.41, 5.74) is 0.806. The summed E-state index contributed by atoms with van der Waals surface area (Å²) in [6.45, 7) is 3.41. The van der Waals surface area contributed by atoms with Gasteiger partial charge in [-0.05, 0) is 24.1 Å². The van der Waals surface area contributed by atoms with E-state index in [1.165, 1.54) is 12.1 Å². The van der Waals surface area contributed by atoms with E-state index in [2.05, 4.69) is 5.32 Å². The van der Waals surface area contributed by atoms with E-state index in [0.717, 1.165) is 12.0 Å². The van der Waals surface area contributed by atoms with E-state index in [4.69, 9.17) is 9.88 Å². The molecule has 6 nitrogen and oxygen atoms in total. The van der Waals surface area contributed by atoms with Crippen molar-refractivity contribution in [1.29, 1.82) is 0 Å². The summed E-state index contributed by atoms with van der Waals surface area (Å²) in [7, 11) is -3.67. The number of carbonyl (C=O) groups is 1. The third-order valence-corrected chi connectivity index (χ3v) is 3.49. The first kappa shape index (κ1) is 16.6. The van der Waals surface area contributed by atoms with Gasteiger partial charge in [0.2, 0.25) is 15.9 Å². The van der Waals surface area contributed by atoms with E-state index in [1.54, 1.807) is 12.1 Å². The van der Waals surface area contributed by atoms with E-state index in [1.807, 2.05) is 6.92 Å². The predicted octanol–water partition coefficient (Wildman–Crippen LogP) is 0.767. The van der Waals surface area contributed by atoms with Gasteiger partial charge in [-0.1, -0.05) is 19.1 Å². The first-order valence-electron chi connectivity index (χ1n) is 6.39. The van der Waals surface area contributed by atoms with Gasteiger partial charge in [-0.15, -0.1) is 0 Å². The second-order valence-corrected chi connectivity index (χ2v) is 5.89. The molecule has 0 aliphatic rings. The van der Waals surface area contributed by atoms with E-state index in [0.29, 0.717) is 26.2 Å². The molecule has 112 valence electrons. The van der Waals surface area contributed by atoms with Gasteiger partial charge in [0.15, 0.2) is 0 Å². The fraction of sp³-hybridized carbons (Fsp3) is 0.462. The number of amides is 1. The van der Waals surface area contributed by atoms with Gasteiger partial charge in [-0.25, -0.2) is 13.6 Å². The molecule has 0 saturated heterocycles. The number of primary sulfonamides is 1. The number of rotatable bonds is 8. The molecule has 0 saturated carbocycles. The molecule has 0 unspecified atom stereocenters. The third kappa shape index (κ3) is 6.14. The summed E-state index contributed by atoms with van der Waals surface area (Å²) in [5.74, 6) is -0.100. The second kappa shape index (κ2) is 7.98. The maximum atomic E-state index is 11.5. The van der Waals surface area contributed by atoms with Crippen molar-refractivity contribution < 1.29 is 17.9 Å². The Balaban J connectivity index is 2.37. The summed E-state index contributed by atoms with van der Waals surface area (Å²) in [6, 6.07) is 6.07. The van der Waals surface area contributed by atoms with Crippen LogP contribution < -0.4 is 10.5 Å². The number of nitrogens with two attached hydrogens (primary N) is 1. The minimum absolute atomic E-state index is 0.0561. The highest BCUT2D eigenvalue weighted by atomic mass is 32.2. The van der Waals surface area contributed by atoms with E-state index < -0.39 is 10.0 Å². The molecule has 0 spiro atoms. The lowest BCUT2D eigenvalue weighted by atomic mass is 10.2. The maximum Gasteiger partial charge on any atom is 0.238 e. The first-order valence-corrected chi connectivity index (χ1v) is 7.94. The van der Waals surface area contributed by atoms with Crippen molar-refractivity contribution in [2.24, 2.45) is 5.14 Å². The molecule has 0 radical (unpaired) electrons. The molecule has 1 aromatic carbocycles. The molecular formula is C13H20N2O4S. The van der Waals surface area contributed by atoms with Gasteiger partial charge in [-0.2, -0.15) is 0 Å². The fourth-order valence-electron chi connectivity index (χ4n) is 1.50. The molecule has 1 rings (SSSR count). The average Bonchev–Trinajstić information content (AvgIpc) is 2.41. The zero-order chi connectivity index (χ0) is 15.0. The van der Waals surface area contributed by atoms with Crippen LogP contribution in [0.15, 0.2) is 29.2 Å². The molecule has 0 aromatic heterocycles. The molecule has 1 aromatic rings. The number of ether oxygens (including phenoxy) is 1. The minimum atomic E-state index is -3.67. The van der Waals surface area contributed by atoms with E-state index >= 15 is 0 Å². The maximum absolute atomic E-state index is 11.5. The van der Waals surface area contributed by atoms with Crippen molar-refractivity contribution in [3.63, 3.8) is 0 Å². The standard InChI is InChI=1S/C13H20N2O4S/c1-2-8-19-9-7-13(16)15-10-11-3-5-12(6-4-11)20(14,17)18/h3-6H,2,7-10H2,1H3,(H,15,16)(H2,14,17,18). The van der Waals surface area contributed by atoms with Crippen LogP contribution in [-0.4, -0.2) is 27.5 Å². The Kier molecular flexibility index (Phi) is 6.63. The van der Waals surface area contributed by atoms with Gasteiger partial charge in [0.05, 0.1) is 11.5 Å². The van der Waals surface area contributed by atoms with Crippen molar-refractivity contribution in [3.8, 4) is 0 Å². The number of hydrogen-bond donors (Lipinski definition) is 2. The summed E-state index contributed by atoms with van der Waals surface area (Å²) < 4.78 is 27.4. The molecule has 20 heavy (non-hydrogen) atoms. The monoisotopic (exact) mass is 300 g/mol. The Morgan fingerprint density at radius 2 is 1.90 bits per heavy atom. The average molecular weight is 300 g/mol. The SMILES string of the molecule is CCCOCCC(=O)NCc1ccc(S(N)(=O)=O)cc1. The number of hydrogen-bond acceptors (Lipinski definition) is 4. The summed E-state index contributed by atoms with van der Waals surface area (Å²) in [6.07, 6.45) is 1.24. The summed E-state index contributed by atoms with van der Waals surface area (Å²) >= 11 is 0. The Morgan fingerprint density at radius 1 is 1.25 bits per heavy atom. The molecule has 7 heteroatoms. The highest BCUT2D eigenvalue weighted by molar-refractivity contribution is 7.89. The van der Waals surface area contributed by atoms with Gasteiger partial charge in [-0.3, -0.25) is 4.79 Å². The smallest absolute Gasteiger partial charge is 0.238 e. The molecule has 3 N–H and O–H groups in total. The Hall–Kier alpha value is -1.44. The largest absolute Gasteiger partial charge is 0.381 e. The number of sulfonamides is 1. The minimum Gasteiger partial charge on any atom is -0.381 e. The van der Waals surface area contributed by atoms with Gasteiger partial charge >= 0.3 is 0 Å².